The Morgan fingerprint density at radius 2 is 0.500 bits per heavy atom. The molecule has 23 heteroatoms. The zero-order valence-electron chi connectivity index (χ0n) is 14.2. The van der Waals surface area contributed by atoms with Crippen LogP contribution in [-0.4, -0.2) is 42.8 Å². The van der Waals surface area contributed by atoms with Crippen LogP contribution in [-0.2, 0) is 0 Å². The van der Waals surface area contributed by atoms with Gasteiger partial charge in [-0.2, -0.15) is 0 Å². The summed E-state index contributed by atoms with van der Waals surface area (Å²) in [7, 11) is 0. The number of rotatable bonds is 8. The number of hydrogen-bond donors (Lipinski definition) is 0. The Bertz CT molecular complexity index is 719. The molecule has 0 atom stereocenters. The van der Waals surface area contributed by atoms with Crippen molar-refractivity contribution in [3.63, 3.8) is 0 Å². The van der Waals surface area contributed by atoms with Crippen LogP contribution in [0.5, 0.6) is 0 Å². The highest BCUT2D eigenvalue weighted by Crippen LogP contribution is 2.75. The lowest BCUT2D eigenvalue weighted by atomic mass is 9.96. The molecule has 0 bridgehead atoms. The maximum absolute atomic E-state index is 6.34. The summed E-state index contributed by atoms with van der Waals surface area (Å²) in [6.45, 7) is 0. The van der Waals surface area contributed by atoms with Crippen molar-refractivity contribution >= 4 is 267 Å². The maximum atomic E-state index is 6.34. The lowest BCUT2D eigenvalue weighted by molar-refractivity contribution is 0.406. The Morgan fingerprint density at radius 3 is 0.706 bits per heavy atom. The lowest BCUT2D eigenvalue weighted by Gasteiger charge is -2.57. The van der Waals surface area contributed by atoms with Crippen molar-refractivity contribution in [1.82, 2.24) is 0 Å². The van der Waals surface area contributed by atoms with Crippen molar-refractivity contribution in [2.75, 3.05) is 0 Å². The molecule has 1 radical (unpaired) electrons. The van der Waals surface area contributed by atoms with Crippen LogP contribution < -0.4 is 0 Å². The van der Waals surface area contributed by atoms with Gasteiger partial charge >= 0.3 is 0 Å². The molecule has 0 heterocycles. The monoisotopic (exact) mass is 936 g/mol. The summed E-state index contributed by atoms with van der Waals surface area (Å²) in [5.41, 5.74) is 0. The normalized spacial score (nSPS) is 16.9. The van der Waals surface area contributed by atoms with E-state index in [4.69, 9.17) is 267 Å². The zero-order chi connectivity index (χ0) is 28.6. The first kappa shape index (κ1) is 40.7. The van der Waals surface area contributed by atoms with E-state index < -0.39 is 47.6 Å². The van der Waals surface area contributed by atoms with E-state index in [1.165, 1.54) is 0 Å². The van der Waals surface area contributed by atoms with Crippen LogP contribution in [0.15, 0.2) is 0 Å². The first-order valence-electron chi connectivity index (χ1n) is 6.85. The van der Waals surface area contributed by atoms with Crippen LogP contribution in [0.25, 0.3) is 0 Å². The molecule has 0 saturated heterocycles. The highest BCUT2D eigenvalue weighted by atomic mass is 35.6. The van der Waals surface area contributed by atoms with Gasteiger partial charge in [0.2, 0.25) is 7.59 Å². The van der Waals surface area contributed by atoms with Gasteiger partial charge in [0, 0.05) is 0 Å². The molecule has 0 aromatic carbocycles. The molecule has 0 aliphatic rings. The second-order valence-electron chi connectivity index (χ2n) is 5.94. The quantitative estimate of drug-likeness (QED) is 0.213. The van der Waals surface area contributed by atoms with Crippen molar-refractivity contribution in [3.05, 3.63) is 4.84 Å². The molecule has 0 aromatic heterocycles. The van der Waals surface area contributed by atoms with Gasteiger partial charge < -0.3 is 0 Å². The van der Waals surface area contributed by atoms with Gasteiger partial charge in [0.1, 0.15) is 0 Å². The number of halogens is 23. The van der Waals surface area contributed by atoms with E-state index in [-0.39, 0.29) is 0 Å². The molecular weight excluding hydrogens is 948 g/mol. The minimum atomic E-state index is -3.28. The van der Waals surface area contributed by atoms with Gasteiger partial charge in [-0.1, -0.05) is 255 Å². The highest BCUT2D eigenvalue weighted by Gasteiger charge is 2.85. The summed E-state index contributed by atoms with van der Waals surface area (Å²) in [6.07, 6.45) is 0. The van der Waals surface area contributed by atoms with Gasteiger partial charge in [-0.05, 0) is 0 Å². The Morgan fingerprint density at radius 1 is 0.294 bits per heavy atom. The maximum Gasteiger partial charge on any atom is 0.216 e. The fourth-order valence-electron chi connectivity index (χ4n) is 1.84. The van der Waals surface area contributed by atoms with E-state index in [2.05, 4.69) is 0 Å². The molecule has 0 fully saturated rings. The van der Waals surface area contributed by atoms with Crippen molar-refractivity contribution < 1.29 is 0 Å². The largest absolute Gasteiger partial charge is 0.216 e. The van der Waals surface area contributed by atoms with Crippen LogP contribution in [0.2, 0.25) is 0 Å². The van der Waals surface area contributed by atoms with Crippen molar-refractivity contribution in [2.45, 2.75) is 42.8 Å². The van der Waals surface area contributed by atoms with E-state index in [0.29, 0.717) is 0 Å². The summed E-state index contributed by atoms with van der Waals surface area (Å²) in [6, 6.07) is 0. The molecule has 0 unspecified atom stereocenters. The average Bonchev–Trinajstić information content (AvgIpc) is 2.57. The van der Waals surface area contributed by atoms with Gasteiger partial charge in [0.05, 0.1) is 0 Å². The Labute approximate surface area is 309 Å². The Balaban J connectivity index is 7.26. The molecule has 0 aromatic rings. The van der Waals surface area contributed by atoms with Gasteiger partial charge in [-0.25, -0.2) is 0 Å². The van der Waals surface area contributed by atoms with E-state index in [9.17, 15) is 0 Å². The van der Waals surface area contributed by atoms with Crippen LogP contribution >= 0.6 is 267 Å². The molecule has 0 rings (SSSR count). The van der Waals surface area contributed by atoms with Crippen molar-refractivity contribution in [2.24, 2.45) is 0 Å². The van der Waals surface area contributed by atoms with Gasteiger partial charge in [-0.15, -0.1) is 11.6 Å². The predicted octanol–water partition coefficient (Wildman–Crippen LogP) is 13.9. The lowest BCUT2D eigenvalue weighted by Crippen LogP contribution is -2.74. The summed E-state index contributed by atoms with van der Waals surface area (Å²) >= 11 is 140. The predicted molar refractivity (Wildman–Crippen MR) is 165 cm³/mol. The van der Waals surface area contributed by atoms with E-state index in [0.717, 1.165) is 0 Å². The van der Waals surface area contributed by atoms with Crippen LogP contribution in [0.3, 0.4) is 0 Å². The van der Waals surface area contributed by atoms with Crippen molar-refractivity contribution in [1.29, 1.82) is 0 Å². The third-order valence-corrected chi connectivity index (χ3v) is 18.2. The third kappa shape index (κ3) is 6.25. The van der Waals surface area contributed by atoms with E-state index in [1.54, 1.807) is 0 Å². The van der Waals surface area contributed by atoms with Gasteiger partial charge in [0.15, 0.2) is 40.0 Å². The Hall–Kier alpha value is 6.67. The highest BCUT2D eigenvalue weighted by molar-refractivity contribution is 6.84. The molecule has 0 saturated carbocycles. The van der Waals surface area contributed by atoms with Gasteiger partial charge in [0.25, 0.3) is 0 Å². The molecule has 0 nitrogen and oxygen atoms in total. The summed E-state index contributed by atoms with van der Waals surface area (Å²) in [5, 5.41) is 0. The fraction of sp³-hybridized carbons (Fsp3) is 0.909. The fourth-order valence-corrected chi connectivity index (χ4v) is 10.1. The van der Waals surface area contributed by atoms with Crippen LogP contribution in [0.1, 0.15) is 0 Å². The molecule has 0 spiro atoms. The summed E-state index contributed by atoms with van der Waals surface area (Å²) in [5.74, 6) is 0. The number of hydrogen-bond acceptors (Lipinski definition) is 0. The van der Waals surface area contributed by atoms with E-state index >= 15 is 0 Å². The molecule has 0 amide bonds. The molecule has 34 heavy (non-hydrogen) atoms. The molecular formula is C11Cl23. The molecule has 205 valence electrons. The SMILES string of the molecule is Cl[C](Cl)C(Cl)(Cl)C(Cl)(Cl)C(Cl)(Cl)C(Cl)(Cl)C(Cl)(Cl)C(Cl)(Cl)C(Cl)(Cl)C(Cl)(C(Cl)(Cl)Cl)C(Cl)(Cl)Cl. The first-order chi connectivity index (χ1) is 14.2. The summed E-state index contributed by atoms with van der Waals surface area (Å²) in [4.78, 5) is -3.98. The first-order valence-corrected chi connectivity index (χ1v) is 15.5. The Kier molecular flexibility index (Phi) is 14.6. The van der Waals surface area contributed by atoms with Crippen LogP contribution in [0.4, 0.5) is 0 Å². The minimum Gasteiger partial charge on any atom is -0.106 e. The molecule has 0 aliphatic heterocycles. The average molecular weight is 948 g/mol. The van der Waals surface area contributed by atoms with Crippen molar-refractivity contribution in [3.8, 4) is 0 Å². The van der Waals surface area contributed by atoms with Crippen LogP contribution in [0, 0.1) is 4.84 Å². The third-order valence-electron chi connectivity index (χ3n) is 3.82. The molecule has 0 N–H and O–H groups in total. The molecule has 0 aliphatic carbocycles. The number of alkyl halides is 21. The topological polar surface area (TPSA) is 0 Å². The smallest absolute Gasteiger partial charge is 0.106 e. The van der Waals surface area contributed by atoms with Gasteiger partial charge in [-0.3, -0.25) is 0 Å². The van der Waals surface area contributed by atoms with E-state index in [1.807, 2.05) is 0 Å². The minimum absolute atomic E-state index is 0.885. The second-order valence-corrected chi connectivity index (χ2v) is 21.3. The second kappa shape index (κ2) is 12.2. The summed E-state index contributed by atoms with van der Waals surface area (Å²) < 4.78 is -27.6. The standard InChI is InChI=1S/C11Cl23/c12-1(13)2(14,15)4(17,18)6(21,22)8(25,26)9(27,28)7(23,24)5(19,20)3(16,10(29,30)31)11(32,33)34. The zero-order valence-corrected chi connectivity index (χ0v) is 31.6.